The summed E-state index contributed by atoms with van der Waals surface area (Å²) in [5, 5.41) is 19.6. The number of aromatic nitrogens is 2. The summed E-state index contributed by atoms with van der Waals surface area (Å²) in [6.45, 7) is 16.6. The largest absolute Gasteiger partial charge is 0.444 e. The first-order chi connectivity index (χ1) is 30.2. The van der Waals surface area contributed by atoms with Crippen molar-refractivity contribution < 1.29 is 47.7 Å². The van der Waals surface area contributed by atoms with E-state index in [0.29, 0.717) is 23.7 Å². The van der Waals surface area contributed by atoms with Crippen molar-refractivity contribution in [2.45, 2.75) is 122 Å². The fourth-order valence-corrected chi connectivity index (χ4v) is 8.15. The van der Waals surface area contributed by atoms with Gasteiger partial charge in [0.2, 0.25) is 23.6 Å². The Balaban J connectivity index is 1.73. The van der Waals surface area contributed by atoms with Crippen LogP contribution in [0.1, 0.15) is 70.3 Å². The quantitative estimate of drug-likeness (QED) is 0.0737. The molecule has 352 valence electrons. The number of benzene rings is 1. The van der Waals surface area contributed by atoms with Crippen LogP contribution < -0.4 is 31.9 Å². The summed E-state index contributed by atoms with van der Waals surface area (Å²) in [5.74, 6) is -3.60. The number of aromatic amines is 1. The summed E-state index contributed by atoms with van der Waals surface area (Å²) < 4.78 is 22.9. The number of para-hydroxylation sites is 1. The molecule has 6 amide bonds. The summed E-state index contributed by atoms with van der Waals surface area (Å²) in [7, 11) is 0.0492. The van der Waals surface area contributed by atoms with Gasteiger partial charge in [-0.15, -0.1) is 11.3 Å². The maximum Gasteiger partial charge on any atom is 0.408 e. The van der Waals surface area contributed by atoms with Crippen LogP contribution in [-0.4, -0.2) is 123 Å². The van der Waals surface area contributed by atoms with E-state index in [4.69, 9.17) is 18.9 Å². The molecule has 3 aromatic rings. The molecule has 3 heterocycles. The lowest BCUT2D eigenvalue weighted by atomic mass is 9.93. The van der Waals surface area contributed by atoms with Gasteiger partial charge in [-0.1, -0.05) is 58.1 Å². The van der Waals surface area contributed by atoms with E-state index in [2.05, 4.69) is 61.5 Å². The molecule has 0 unspecified atom stereocenters. The lowest BCUT2D eigenvalue weighted by Crippen LogP contribution is -2.60. The maximum atomic E-state index is 14.3. The van der Waals surface area contributed by atoms with Crippen LogP contribution in [-0.2, 0) is 49.3 Å². The molecule has 7 N–H and O–H groups in total. The average molecular weight is 927 g/mol. The van der Waals surface area contributed by atoms with Gasteiger partial charge in [0.25, 0.3) is 5.91 Å². The first-order valence-electron chi connectivity index (χ1n) is 21.5. The molecule has 2 aromatic heterocycles. The van der Waals surface area contributed by atoms with E-state index in [1.807, 2.05) is 38.1 Å². The SMILES string of the molecule is CC[C@H](C)[C@@H]1NC(=O)[C@H](C)NC(=O)[C@@H](NC(=O)OC(C)(C)C)CNC(=O)[C@H](Cc2c[nH]c3ccccc23)NC(=O)/C=C/c2csc(n2)[C@H](COC)NC(=O)[C@@H]1OCOCC[Si](C)(C)C. The minimum atomic E-state index is -1.44. The van der Waals surface area contributed by atoms with Gasteiger partial charge >= 0.3 is 6.09 Å². The molecule has 0 fully saturated rings. The highest BCUT2D eigenvalue weighted by molar-refractivity contribution is 7.09. The van der Waals surface area contributed by atoms with Crippen LogP contribution in [0.4, 0.5) is 4.79 Å². The van der Waals surface area contributed by atoms with E-state index < -0.39 is 92.2 Å². The van der Waals surface area contributed by atoms with Crippen molar-refractivity contribution in [3.8, 4) is 0 Å². The number of hydrogen-bond acceptors (Lipinski definition) is 12. The van der Waals surface area contributed by atoms with Crippen molar-refractivity contribution in [1.82, 2.24) is 41.9 Å². The van der Waals surface area contributed by atoms with Gasteiger partial charge in [0.1, 0.15) is 41.6 Å². The van der Waals surface area contributed by atoms with Crippen LogP contribution >= 0.6 is 11.3 Å². The molecule has 1 aliphatic rings. The number of H-pyrrole nitrogens is 1. The van der Waals surface area contributed by atoms with Crippen LogP contribution in [0.3, 0.4) is 0 Å². The van der Waals surface area contributed by atoms with Crippen LogP contribution in [0.5, 0.6) is 0 Å². The first-order valence-corrected chi connectivity index (χ1v) is 26.1. The molecular weight excluding hydrogens is 861 g/mol. The number of hydrogen-bond donors (Lipinski definition) is 7. The summed E-state index contributed by atoms with van der Waals surface area (Å²) in [6, 6.07) is 2.94. The second-order valence-corrected chi connectivity index (χ2v) is 24.6. The Morgan fingerprint density at radius 3 is 2.39 bits per heavy atom. The van der Waals surface area contributed by atoms with Gasteiger partial charge in [-0.3, -0.25) is 24.0 Å². The van der Waals surface area contributed by atoms with Gasteiger partial charge < -0.3 is 55.8 Å². The zero-order valence-corrected chi connectivity index (χ0v) is 40.4. The first kappa shape index (κ1) is 51.5. The molecule has 1 aromatic carbocycles. The number of carbonyl (C=O) groups excluding carboxylic acids is 6. The summed E-state index contributed by atoms with van der Waals surface area (Å²) in [5.41, 5.74) is 1.07. The van der Waals surface area contributed by atoms with Crippen molar-refractivity contribution in [1.29, 1.82) is 0 Å². The molecule has 0 saturated heterocycles. The summed E-state index contributed by atoms with van der Waals surface area (Å²) >= 11 is 1.24. The van der Waals surface area contributed by atoms with Crippen LogP contribution in [0, 0.1) is 5.92 Å². The van der Waals surface area contributed by atoms with Crippen LogP contribution in [0.2, 0.25) is 25.7 Å². The number of amides is 6. The van der Waals surface area contributed by atoms with E-state index in [0.717, 1.165) is 22.5 Å². The third kappa shape index (κ3) is 16.1. The second-order valence-electron chi connectivity index (χ2n) is 18.1. The Morgan fingerprint density at radius 1 is 0.969 bits per heavy atom. The molecule has 0 saturated carbocycles. The minimum absolute atomic E-state index is 0.0366. The van der Waals surface area contributed by atoms with Crippen LogP contribution in [0.15, 0.2) is 41.9 Å². The molecule has 64 heavy (non-hydrogen) atoms. The molecule has 20 heteroatoms. The Hall–Kier alpha value is -5.15. The van der Waals surface area contributed by atoms with E-state index in [9.17, 15) is 28.8 Å². The highest BCUT2D eigenvalue weighted by Crippen LogP contribution is 2.23. The fraction of sp³-hybridized carbons (Fsp3) is 0.568. The van der Waals surface area contributed by atoms with Gasteiger partial charge in [-0.25, -0.2) is 9.78 Å². The lowest BCUT2D eigenvalue weighted by molar-refractivity contribution is -0.152. The normalized spacial score (nSPS) is 23.3. The van der Waals surface area contributed by atoms with Gasteiger partial charge in [0, 0.05) is 63.3 Å². The van der Waals surface area contributed by atoms with E-state index in [-0.39, 0.29) is 25.7 Å². The summed E-state index contributed by atoms with van der Waals surface area (Å²) in [6.07, 6.45) is 2.88. The second kappa shape index (κ2) is 23.7. The van der Waals surface area contributed by atoms with Gasteiger partial charge in [-0.2, -0.15) is 0 Å². The molecule has 0 spiro atoms. The maximum absolute atomic E-state index is 14.3. The van der Waals surface area contributed by atoms with Crippen molar-refractivity contribution in [2.75, 3.05) is 33.7 Å². The Kier molecular flexibility index (Phi) is 19.0. The topological polar surface area (TPSA) is 240 Å². The highest BCUT2D eigenvalue weighted by atomic mass is 32.1. The van der Waals surface area contributed by atoms with E-state index >= 15 is 0 Å². The Labute approximate surface area is 380 Å². The fourth-order valence-electron chi connectivity index (χ4n) is 6.57. The number of ether oxygens (including phenoxy) is 4. The summed E-state index contributed by atoms with van der Waals surface area (Å²) in [4.78, 5) is 90.7. The van der Waals surface area contributed by atoms with Crippen molar-refractivity contribution in [2.24, 2.45) is 5.92 Å². The molecular formula is C44H66N8O10SSi. The Morgan fingerprint density at radius 2 is 1.70 bits per heavy atom. The minimum Gasteiger partial charge on any atom is -0.444 e. The molecule has 18 nitrogen and oxygen atoms in total. The highest BCUT2D eigenvalue weighted by Gasteiger charge is 2.37. The number of thiazole rings is 1. The van der Waals surface area contributed by atoms with Crippen molar-refractivity contribution >= 4 is 72.0 Å². The zero-order valence-electron chi connectivity index (χ0n) is 38.5. The van der Waals surface area contributed by atoms with Crippen molar-refractivity contribution in [3.05, 3.63) is 58.2 Å². The molecule has 0 aliphatic carbocycles. The molecule has 0 radical (unpaired) electrons. The van der Waals surface area contributed by atoms with E-state index in [1.54, 1.807) is 32.3 Å². The predicted octanol–water partition coefficient (Wildman–Crippen LogP) is 3.93. The van der Waals surface area contributed by atoms with Gasteiger partial charge in [-0.05, 0) is 57.4 Å². The number of carbonyl (C=O) groups is 6. The molecule has 7 atom stereocenters. The van der Waals surface area contributed by atoms with Gasteiger partial charge in [0.05, 0.1) is 18.3 Å². The Bertz CT molecular complexity index is 2100. The zero-order chi connectivity index (χ0) is 47.2. The number of nitrogens with one attached hydrogen (secondary N) is 7. The molecule has 1 aliphatic heterocycles. The predicted molar refractivity (Wildman–Crippen MR) is 247 cm³/mol. The standard InChI is InChI=1S/C44H66N8O10SSi/c1-11-26(2)36-37(61-25-60-18-19-64(8,9)10)41(57)50-34(23-59-7)42-48-29(24-63-42)16-17-35(53)49-32(20-28-21-45-31-15-13-12-14-30(28)31)39(55)46-22-33(51-43(58)62-44(4,5)6)40(56)47-27(3)38(54)52-36/h12-17,21,24,26-27,32-34,36-37,45H,11,18-20,22-23,25H2,1-10H3,(H,46,55)(H,47,56)(H,49,53)(H,50,57)(H,51,58)(H,52,54)/b17-16+/t26-,27-,32-,33-,34-,36-,37+/m0/s1. The number of fused-ring (bicyclic) bond motifs is 3. The lowest BCUT2D eigenvalue weighted by Gasteiger charge is -2.33. The third-order valence-electron chi connectivity index (χ3n) is 10.3. The monoisotopic (exact) mass is 926 g/mol. The molecule has 2 bridgehead atoms. The number of alkyl carbamates (subject to hydrolysis) is 1. The molecule has 4 rings (SSSR count). The number of nitrogens with zero attached hydrogens (tertiary/aromatic N) is 1. The van der Waals surface area contributed by atoms with Gasteiger partial charge in [0.15, 0.2) is 6.10 Å². The number of methoxy groups -OCH3 is 1. The third-order valence-corrected chi connectivity index (χ3v) is 13.0. The average Bonchev–Trinajstić information content (AvgIpc) is 3.87. The number of rotatable bonds is 13. The smallest absolute Gasteiger partial charge is 0.408 e. The van der Waals surface area contributed by atoms with E-state index in [1.165, 1.54) is 37.5 Å². The van der Waals surface area contributed by atoms with Crippen LogP contribution in [0.25, 0.3) is 17.0 Å². The van der Waals surface area contributed by atoms with Crippen molar-refractivity contribution in [3.63, 3.8) is 0 Å².